The van der Waals surface area contributed by atoms with Crippen molar-refractivity contribution in [1.82, 2.24) is 4.90 Å². The van der Waals surface area contributed by atoms with E-state index in [1.54, 1.807) is 4.90 Å². The molecular formula is C22H29FN2O3. The van der Waals surface area contributed by atoms with Gasteiger partial charge in [0, 0.05) is 11.5 Å². The lowest BCUT2D eigenvalue weighted by molar-refractivity contribution is -0.146. The van der Waals surface area contributed by atoms with Gasteiger partial charge >= 0.3 is 0 Å². The van der Waals surface area contributed by atoms with Crippen molar-refractivity contribution in [2.75, 3.05) is 4.90 Å². The van der Waals surface area contributed by atoms with Gasteiger partial charge in [-0.2, -0.15) is 0 Å². The molecule has 1 aromatic rings. The van der Waals surface area contributed by atoms with E-state index in [9.17, 15) is 18.8 Å². The zero-order valence-corrected chi connectivity index (χ0v) is 17.7. The molecule has 1 aliphatic carbocycles. The third-order valence-corrected chi connectivity index (χ3v) is 6.75. The van der Waals surface area contributed by atoms with Gasteiger partial charge in [-0.3, -0.25) is 14.4 Å². The molecule has 0 aromatic heterocycles. The number of carbonyl (C=O) groups is 3. The van der Waals surface area contributed by atoms with Gasteiger partial charge in [-0.15, -0.1) is 0 Å². The molecule has 3 amide bonds. The number of hydrogen-bond donors (Lipinski definition) is 0. The topological polar surface area (TPSA) is 57.7 Å². The minimum atomic E-state index is -0.850. The van der Waals surface area contributed by atoms with E-state index >= 15 is 0 Å². The van der Waals surface area contributed by atoms with Crippen LogP contribution in [-0.2, 0) is 14.4 Å². The molecule has 0 bridgehead atoms. The Kier molecular flexibility index (Phi) is 4.49. The number of amides is 3. The van der Waals surface area contributed by atoms with E-state index in [2.05, 4.69) is 27.7 Å². The maximum atomic E-state index is 13.5. The van der Waals surface area contributed by atoms with Crippen LogP contribution >= 0.6 is 0 Å². The lowest BCUT2D eigenvalue weighted by Gasteiger charge is -2.39. The first-order valence-electron chi connectivity index (χ1n) is 9.67. The minimum absolute atomic E-state index is 0.0627. The molecule has 6 heteroatoms. The van der Waals surface area contributed by atoms with Crippen LogP contribution in [0.3, 0.4) is 0 Å². The van der Waals surface area contributed by atoms with Crippen molar-refractivity contribution >= 4 is 23.4 Å². The fraction of sp³-hybridized carbons (Fsp3) is 0.591. The Hall–Kier alpha value is -2.24. The summed E-state index contributed by atoms with van der Waals surface area (Å²) in [5, 5.41) is 0. The Morgan fingerprint density at radius 2 is 1.57 bits per heavy atom. The van der Waals surface area contributed by atoms with Crippen LogP contribution in [-0.4, -0.2) is 34.2 Å². The van der Waals surface area contributed by atoms with Crippen LogP contribution in [0.4, 0.5) is 10.1 Å². The number of hydrogen-bond acceptors (Lipinski definition) is 3. The number of anilines is 1. The minimum Gasteiger partial charge on any atom is -0.325 e. The van der Waals surface area contributed by atoms with Crippen LogP contribution in [0.25, 0.3) is 0 Å². The smallest absolute Gasteiger partial charge is 0.257 e. The first-order valence-corrected chi connectivity index (χ1v) is 9.67. The molecule has 1 aliphatic heterocycles. The second-order valence-electron chi connectivity index (χ2n) is 10.0. The first-order chi connectivity index (χ1) is 12.7. The Labute approximate surface area is 165 Å². The molecule has 152 valence electrons. The molecule has 0 N–H and O–H groups in total. The second-order valence-corrected chi connectivity index (χ2v) is 10.0. The largest absolute Gasteiger partial charge is 0.325 e. The number of carbonyl (C=O) groups excluding carboxylic acids is 3. The Balaban J connectivity index is 1.94. The number of nitrogens with zero attached hydrogens (tertiary/aromatic N) is 2. The number of imide groups is 1. The molecule has 1 saturated heterocycles. The summed E-state index contributed by atoms with van der Waals surface area (Å²) in [6.07, 6.45) is -0.0627. The van der Waals surface area contributed by atoms with Gasteiger partial charge in [0.05, 0.1) is 12.1 Å². The van der Waals surface area contributed by atoms with Gasteiger partial charge < -0.3 is 4.90 Å². The number of rotatable bonds is 3. The molecule has 1 unspecified atom stereocenters. The Bertz CT molecular complexity index is 822. The van der Waals surface area contributed by atoms with Crippen LogP contribution in [0.15, 0.2) is 24.3 Å². The van der Waals surface area contributed by atoms with E-state index in [1.165, 1.54) is 24.3 Å². The van der Waals surface area contributed by atoms with Crippen LogP contribution in [0.2, 0.25) is 0 Å². The van der Waals surface area contributed by atoms with E-state index in [0.717, 1.165) is 4.90 Å². The van der Waals surface area contributed by atoms with Gasteiger partial charge in [0.15, 0.2) is 0 Å². The molecule has 1 saturated carbocycles. The summed E-state index contributed by atoms with van der Waals surface area (Å²) in [7, 11) is 0. The average Bonchev–Trinajstić information content (AvgIpc) is 2.78. The Morgan fingerprint density at radius 3 is 2.00 bits per heavy atom. The third kappa shape index (κ3) is 2.93. The van der Waals surface area contributed by atoms with Gasteiger partial charge in [-0.05, 0) is 55.9 Å². The second kappa shape index (κ2) is 6.13. The molecular weight excluding hydrogens is 359 g/mol. The number of halogens is 1. The molecule has 3 rings (SSSR count). The first kappa shape index (κ1) is 20.5. The van der Waals surface area contributed by atoms with E-state index in [4.69, 9.17) is 0 Å². The zero-order valence-electron chi connectivity index (χ0n) is 17.7. The predicted molar refractivity (Wildman–Crippen MR) is 105 cm³/mol. The fourth-order valence-electron chi connectivity index (χ4n) is 4.58. The van der Waals surface area contributed by atoms with Crippen LogP contribution < -0.4 is 4.90 Å². The highest BCUT2D eigenvalue weighted by Crippen LogP contribution is 2.69. The molecule has 1 atom stereocenters. The van der Waals surface area contributed by atoms with Gasteiger partial charge in [0.1, 0.15) is 11.9 Å². The van der Waals surface area contributed by atoms with Crippen LogP contribution in [0.5, 0.6) is 0 Å². The van der Waals surface area contributed by atoms with Crippen molar-refractivity contribution in [1.29, 1.82) is 0 Å². The summed E-state index contributed by atoms with van der Waals surface area (Å²) in [5.74, 6) is -1.55. The predicted octanol–water partition coefficient (Wildman–Crippen LogP) is 3.77. The van der Waals surface area contributed by atoms with Gasteiger partial charge in [0.2, 0.25) is 11.8 Å². The monoisotopic (exact) mass is 388 g/mol. The third-order valence-electron chi connectivity index (χ3n) is 6.75. The highest BCUT2D eigenvalue weighted by Gasteiger charge is 2.70. The normalized spacial score (nSPS) is 23.9. The molecule has 2 aliphatic rings. The SMILES string of the molecule is CC(C)(C)N(C(=O)C1C(C)(C)C1(C)C)C1CC(=O)N(c2ccc(F)cc2)C1=O. The van der Waals surface area contributed by atoms with Crippen molar-refractivity contribution in [3.8, 4) is 0 Å². The van der Waals surface area contributed by atoms with E-state index < -0.39 is 23.3 Å². The molecule has 0 spiro atoms. The maximum absolute atomic E-state index is 13.5. The van der Waals surface area contributed by atoms with Gasteiger partial charge in [-0.25, -0.2) is 9.29 Å². The Morgan fingerprint density at radius 1 is 1.07 bits per heavy atom. The summed E-state index contributed by atoms with van der Waals surface area (Å²) >= 11 is 0. The molecule has 5 nitrogen and oxygen atoms in total. The fourth-order valence-corrected chi connectivity index (χ4v) is 4.58. The van der Waals surface area contributed by atoms with Crippen molar-refractivity contribution < 1.29 is 18.8 Å². The van der Waals surface area contributed by atoms with E-state index in [0.29, 0.717) is 5.69 Å². The zero-order chi connectivity index (χ0) is 21.2. The van der Waals surface area contributed by atoms with Crippen LogP contribution in [0.1, 0.15) is 54.9 Å². The summed E-state index contributed by atoms with van der Waals surface area (Å²) in [6, 6.07) is 4.39. The van der Waals surface area contributed by atoms with Crippen LogP contribution in [0, 0.1) is 22.6 Å². The van der Waals surface area contributed by atoms with Crippen molar-refractivity contribution in [3.63, 3.8) is 0 Å². The number of benzene rings is 1. The molecule has 28 heavy (non-hydrogen) atoms. The van der Waals surface area contributed by atoms with Gasteiger partial charge in [0.25, 0.3) is 5.91 Å². The molecule has 1 heterocycles. The summed E-state index contributed by atoms with van der Waals surface area (Å²) in [4.78, 5) is 42.0. The van der Waals surface area contributed by atoms with Crippen molar-refractivity contribution in [3.05, 3.63) is 30.1 Å². The standard InChI is InChI=1S/C22H29FN2O3/c1-20(2,3)25(19(28)17-21(4,5)22(17,6)7)15-12-16(26)24(18(15)27)14-10-8-13(23)9-11-14/h8-11,15,17H,12H2,1-7H3. The molecule has 1 aromatic carbocycles. The van der Waals surface area contributed by atoms with E-state index in [1.807, 2.05) is 20.8 Å². The highest BCUT2D eigenvalue weighted by molar-refractivity contribution is 6.23. The van der Waals surface area contributed by atoms with E-state index in [-0.39, 0.29) is 35.0 Å². The highest BCUT2D eigenvalue weighted by atomic mass is 19.1. The quantitative estimate of drug-likeness (QED) is 0.741. The maximum Gasteiger partial charge on any atom is 0.257 e. The van der Waals surface area contributed by atoms with Crippen molar-refractivity contribution in [2.45, 2.75) is 66.5 Å². The molecule has 0 radical (unpaired) electrons. The molecule has 2 fully saturated rings. The van der Waals surface area contributed by atoms with Crippen molar-refractivity contribution in [2.24, 2.45) is 16.7 Å². The lowest BCUT2D eigenvalue weighted by atomic mass is 9.98. The lowest BCUT2D eigenvalue weighted by Crippen LogP contribution is -2.55. The summed E-state index contributed by atoms with van der Waals surface area (Å²) in [5.41, 5.74) is -0.635. The van der Waals surface area contributed by atoms with Gasteiger partial charge in [-0.1, -0.05) is 27.7 Å². The average molecular weight is 388 g/mol. The summed E-state index contributed by atoms with van der Waals surface area (Å²) < 4.78 is 13.2. The summed E-state index contributed by atoms with van der Waals surface area (Å²) in [6.45, 7) is 13.9.